The van der Waals surface area contributed by atoms with Crippen LogP contribution in [-0.2, 0) is 6.54 Å². The van der Waals surface area contributed by atoms with E-state index in [0.717, 1.165) is 31.9 Å². The Morgan fingerprint density at radius 3 is 3.05 bits per heavy atom. The predicted octanol–water partition coefficient (Wildman–Crippen LogP) is 1.96. The molecular weight excluding hydrogens is 278 g/mol. The first-order chi connectivity index (χ1) is 10.8. The number of pyridine rings is 1. The van der Waals surface area contributed by atoms with E-state index in [9.17, 15) is 0 Å². The normalized spacial score (nSPS) is 18.9. The van der Waals surface area contributed by atoms with Gasteiger partial charge in [-0.25, -0.2) is 9.97 Å². The number of piperidine rings is 1. The molecule has 1 fully saturated rings. The van der Waals surface area contributed by atoms with Crippen molar-refractivity contribution in [2.45, 2.75) is 25.4 Å². The zero-order valence-corrected chi connectivity index (χ0v) is 12.8. The highest BCUT2D eigenvalue weighted by molar-refractivity contribution is 5.45. The molecule has 0 saturated carbocycles. The molecule has 6 nitrogen and oxygen atoms in total. The molecule has 1 atom stereocenters. The van der Waals surface area contributed by atoms with Crippen LogP contribution in [0.25, 0.3) is 0 Å². The van der Waals surface area contributed by atoms with Crippen LogP contribution in [0.15, 0.2) is 36.9 Å². The third-order valence-electron chi connectivity index (χ3n) is 3.83. The predicted molar refractivity (Wildman–Crippen MR) is 84.7 cm³/mol. The van der Waals surface area contributed by atoms with Gasteiger partial charge in [0.1, 0.15) is 0 Å². The molecule has 3 rings (SSSR count). The number of hydrogen-bond donors (Lipinski definition) is 1. The summed E-state index contributed by atoms with van der Waals surface area (Å²) in [4.78, 5) is 15.1. The number of hydrogen-bond acceptors (Lipinski definition) is 6. The molecule has 116 valence electrons. The molecule has 1 aliphatic rings. The Morgan fingerprint density at radius 2 is 2.23 bits per heavy atom. The Hall–Kier alpha value is -2.21. The minimum absolute atomic E-state index is 0.357. The van der Waals surface area contributed by atoms with E-state index in [2.05, 4.69) is 31.2 Å². The molecule has 3 heterocycles. The Bertz CT molecular complexity index is 592. The highest BCUT2D eigenvalue weighted by Crippen LogP contribution is 2.21. The number of ether oxygens (including phenoxy) is 1. The second kappa shape index (κ2) is 7.17. The summed E-state index contributed by atoms with van der Waals surface area (Å²) < 4.78 is 5.25. The molecule has 0 radical (unpaired) electrons. The topological polar surface area (TPSA) is 63.2 Å². The molecule has 2 aromatic rings. The van der Waals surface area contributed by atoms with Gasteiger partial charge in [0.25, 0.3) is 5.88 Å². The van der Waals surface area contributed by atoms with Gasteiger partial charge in [0.05, 0.1) is 7.11 Å². The Kier molecular flexibility index (Phi) is 4.80. The van der Waals surface area contributed by atoms with E-state index in [-0.39, 0.29) is 0 Å². The molecule has 6 heteroatoms. The summed E-state index contributed by atoms with van der Waals surface area (Å²) in [7, 11) is 1.62. The van der Waals surface area contributed by atoms with Gasteiger partial charge >= 0.3 is 0 Å². The fourth-order valence-electron chi connectivity index (χ4n) is 2.83. The number of rotatable bonds is 5. The van der Waals surface area contributed by atoms with Crippen molar-refractivity contribution < 1.29 is 4.74 Å². The maximum atomic E-state index is 5.25. The molecule has 1 aliphatic heterocycles. The van der Waals surface area contributed by atoms with Crippen molar-refractivity contribution in [2.75, 3.05) is 25.5 Å². The number of likely N-dealkylation sites (tertiary alicyclic amines) is 1. The van der Waals surface area contributed by atoms with Gasteiger partial charge in [-0.1, -0.05) is 6.07 Å². The third kappa shape index (κ3) is 3.71. The summed E-state index contributed by atoms with van der Waals surface area (Å²) in [6.07, 6.45) is 9.36. The monoisotopic (exact) mass is 299 g/mol. The fourth-order valence-corrected chi connectivity index (χ4v) is 2.83. The summed E-state index contributed by atoms with van der Waals surface area (Å²) in [5, 5.41) is 3.46. The van der Waals surface area contributed by atoms with Crippen LogP contribution in [0.3, 0.4) is 0 Å². The van der Waals surface area contributed by atoms with Gasteiger partial charge in [-0.2, -0.15) is 0 Å². The van der Waals surface area contributed by atoms with Gasteiger partial charge in [-0.05, 0) is 31.0 Å². The van der Waals surface area contributed by atoms with Gasteiger partial charge in [0.2, 0.25) is 0 Å². The van der Waals surface area contributed by atoms with E-state index in [1.807, 2.05) is 18.5 Å². The lowest BCUT2D eigenvalue weighted by atomic mass is 10.1. The van der Waals surface area contributed by atoms with Crippen molar-refractivity contribution in [3.63, 3.8) is 0 Å². The quantitative estimate of drug-likeness (QED) is 0.910. The highest BCUT2D eigenvalue weighted by atomic mass is 16.5. The van der Waals surface area contributed by atoms with Crippen LogP contribution >= 0.6 is 0 Å². The largest absolute Gasteiger partial charge is 0.478 e. The summed E-state index contributed by atoms with van der Waals surface area (Å²) in [6, 6.07) is 4.46. The van der Waals surface area contributed by atoms with Crippen molar-refractivity contribution >= 4 is 5.82 Å². The highest BCUT2D eigenvalue weighted by Gasteiger charge is 2.21. The maximum Gasteiger partial charge on any atom is 0.257 e. The molecular formula is C16H21N5O. The lowest BCUT2D eigenvalue weighted by Gasteiger charge is -2.33. The van der Waals surface area contributed by atoms with Gasteiger partial charge in [-0.15, -0.1) is 0 Å². The van der Waals surface area contributed by atoms with E-state index in [1.165, 1.54) is 12.0 Å². The summed E-state index contributed by atoms with van der Waals surface area (Å²) in [5.74, 6) is 1.27. The summed E-state index contributed by atoms with van der Waals surface area (Å²) >= 11 is 0. The smallest absolute Gasteiger partial charge is 0.257 e. The van der Waals surface area contributed by atoms with Crippen LogP contribution in [0.4, 0.5) is 5.82 Å². The first kappa shape index (κ1) is 14.7. The van der Waals surface area contributed by atoms with Crippen LogP contribution in [0.5, 0.6) is 5.88 Å². The number of methoxy groups -OCH3 is 1. The molecule has 2 aromatic heterocycles. The Morgan fingerprint density at radius 1 is 1.32 bits per heavy atom. The van der Waals surface area contributed by atoms with E-state index in [1.54, 1.807) is 19.5 Å². The Balaban J connectivity index is 1.61. The van der Waals surface area contributed by atoms with Crippen LogP contribution in [0.2, 0.25) is 0 Å². The van der Waals surface area contributed by atoms with Crippen molar-refractivity contribution in [3.8, 4) is 5.88 Å². The average molecular weight is 299 g/mol. The molecule has 0 aromatic carbocycles. The molecule has 0 aliphatic carbocycles. The van der Waals surface area contributed by atoms with Crippen molar-refractivity contribution in [1.82, 2.24) is 19.9 Å². The zero-order valence-electron chi connectivity index (χ0n) is 12.8. The first-order valence-corrected chi connectivity index (χ1v) is 7.58. The minimum Gasteiger partial charge on any atom is -0.478 e. The van der Waals surface area contributed by atoms with Crippen molar-refractivity contribution in [1.29, 1.82) is 0 Å². The van der Waals surface area contributed by atoms with Crippen LogP contribution in [0, 0.1) is 0 Å². The van der Waals surface area contributed by atoms with Crippen molar-refractivity contribution in [3.05, 3.63) is 42.5 Å². The van der Waals surface area contributed by atoms with Gasteiger partial charge < -0.3 is 10.1 Å². The Labute approximate surface area is 130 Å². The molecule has 1 N–H and O–H groups in total. The van der Waals surface area contributed by atoms with Crippen LogP contribution < -0.4 is 10.1 Å². The second-order valence-electron chi connectivity index (χ2n) is 5.49. The molecule has 0 spiro atoms. The molecule has 0 unspecified atom stereocenters. The molecule has 0 bridgehead atoms. The SMILES string of the molecule is COc1nccnc1N[C@H]1CCCN(Cc2cccnc2)C1. The zero-order chi connectivity index (χ0) is 15.2. The second-order valence-corrected chi connectivity index (χ2v) is 5.49. The van der Waals surface area contributed by atoms with E-state index in [4.69, 9.17) is 4.74 Å². The first-order valence-electron chi connectivity index (χ1n) is 7.58. The fraction of sp³-hybridized carbons (Fsp3) is 0.438. The van der Waals surface area contributed by atoms with Gasteiger partial charge in [0.15, 0.2) is 5.82 Å². The lowest BCUT2D eigenvalue weighted by molar-refractivity contribution is 0.208. The number of anilines is 1. The summed E-state index contributed by atoms with van der Waals surface area (Å²) in [5.41, 5.74) is 1.25. The minimum atomic E-state index is 0.357. The molecule has 0 amide bonds. The van der Waals surface area contributed by atoms with Crippen molar-refractivity contribution in [2.24, 2.45) is 0 Å². The van der Waals surface area contributed by atoms with Crippen LogP contribution in [0.1, 0.15) is 18.4 Å². The van der Waals surface area contributed by atoms with Gasteiger partial charge in [-0.3, -0.25) is 9.88 Å². The number of nitrogens with zero attached hydrogens (tertiary/aromatic N) is 4. The summed E-state index contributed by atoms with van der Waals surface area (Å²) in [6.45, 7) is 3.03. The van der Waals surface area contributed by atoms with Crippen LogP contribution in [-0.4, -0.2) is 46.1 Å². The molecule has 1 saturated heterocycles. The lowest BCUT2D eigenvalue weighted by Crippen LogP contribution is -2.41. The molecule has 22 heavy (non-hydrogen) atoms. The van der Waals surface area contributed by atoms with E-state index < -0.39 is 0 Å². The standard InChI is InChI=1S/C16H21N5O/c1-22-16-15(18-7-8-19-16)20-14-5-3-9-21(12-14)11-13-4-2-6-17-10-13/h2,4,6-8,10,14H,3,5,9,11-12H2,1H3,(H,18,20)/t14-/m0/s1. The number of aromatic nitrogens is 3. The third-order valence-corrected chi connectivity index (χ3v) is 3.83. The van der Waals surface area contributed by atoms with Gasteiger partial charge in [0, 0.05) is 43.9 Å². The number of nitrogens with one attached hydrogen (secondary N) is 1. The maximum absolute atomic E-state index is 5.25. The van der Waals surface area contributed by atoms with E-state index in [0.29, 0.717) is 11.9 Å². The average Bonchev–Trinajstić information content (AvgIpc) is 2.57. The van der Waals surface area contributed by atoms with E-state index >= 15 is 0 Å².